The lowest BCUT2D eigenvalue weighted by Gasteiger charge is -2.20. The molecule has 8 heteroatoms. The molecule has 0 aliphatic heterocycles. The van der Waals surface area contributed by atoms with Crippen LogP contribution in [-0.4, -0.2) is 34.3 Å². The maximum absolute atomic E-state index is 11.5. The molecule has 0 saturated heterocycles. The number of amides is 1. The number of carbonyl (C=O) groups excluding carboxylic acids is 1. The fourth-order valence-electron chi connectivity index (χ4n) is 1.75. The zero-order chi connectivity index (χ0) is 16.9. The van der Waals surface area contributed by atoms with Crippen molar-refractivity contribution >= 4 is 11.8 Å². The molecule has 0 heterocycles. The highest BCUT2D eigenvalue weighted by Gasteiger charge is 2.18. The summed E-state index contributed by atoms with van der Waals surface area (Å²) in [5.41, 5.74) is 5.52. The Morgan fingerprint density at radius 1 is 1.50 bits per heavy atom. The van der Waals surface area contributed by atoms with Gasteiger partial charge in [0.2, 0.25) is 0 Å². The molecule has 0 aliphatic carbocycles. The van der Waals surface area contributed by atoms with Crippen LogP contribution in [-0.2, 0) is 11.2 Å². The van der Waals surface area contributed by atoms with E-state index in [4.69, 9.17) is 10.5 Å². The second kappa shape index (κ2) is 7.08. The van der Waals surface area contributed by atoms with E-state index in [2.05, 4.69) is 5.32 Å². The summed E-state index contributed by atoms with van der Waals surface area (Å²) in [7, 11) is 0. The number of nitrogens with two attached hydrogens (primary N) is 1. The molecule has 1 unspecified atom stereocenters. The van der Waals surface area contributed by atoms with E-state index in [0.717, 1.165) is 0 Å². The van der Waals surface area contributed by atoms with Gasteiger partial charge in [-0.15, -0.1) is 0 Å². The summed E-state index contributed by atoms with van der Waals surface area (Å²) in [6.45, 7) is 5.43. The van der Waals surface area contributed by atoms with Gasteiger partial charge in [-0.05, 0) is 38.8 Å². The van der Waals surface area contributed by atoms with Gasteiger partial charge in [0, 0.05) is 18.7 Å². The molecule has 0 fully saturated rings. The maximum atomic E-state index is 11.5. The molecule has 8 nitrogen and oxygen atoms in total. The van der Waals surface area contributed by atoms with Crippen molar-refractivity contribution in [2.24, 2.45) is 5.73 Å². The highest BCUT2D eigenvalue weighted by molar-refractivity contribution is 5.67. The third-order valence-corrected chi connectivity index (χ3v) is 2.64. The molecule has 1 aromatic carbocycles. The topological polar surface area (TPSA) is 128 Å². The summed E-state index contributed by atoms with van der Waals surface area (Å²) in [4.78, 5) is 21.6. The number of nitro benzene ring substituents is 1. The van der Waals surface area contributed by atoms with Gasteiger partial charge in [0.05, 0.1) is 4.92 Å². The summed E-state index contributed by atoms with van der Waals surface area (Å²) in [5.74, 6) is -0.394. The van der Waals surface area contributed by atoms with Crippen LogP contribution in [0, 0.1) is 10.1 Å². The Hall–Kier alpha value is -2.35. The summed E-state index contributed by atoms with van der Waals surface area (Å²) < 4.78 is 5.08. The molecule has 0 aromatic heterocycles. The Labute approximate surface area is 128 Å². The van der Waals surface area contributed by atoms with E-state index >= 15 is 0 Å². The van der Waals surface area contributed by atoms with E-state index in [1.165, 1.54) is 12.1 Å². The van der Waals surface area contributed by atoms with Crippen LogP contribution in [0.15, 0.2) is 18.2 Å². The minimum atomic E-state index is -0.663. The fourth-order valence-corrected chi connectivity index (χ4v) is 1.75. The van der Waals surface area contributed by atoms with Crippen molar-refractivity contribution in [1.29, 1.82) is 0 Å². The first-order valence-corrected chi connectivity index (χ1v) is 6.77. The Bertz CT molecular complexity index is 554. The number of phenolic OH excluding ortho intramolecular Hbond substituents is 1. The number of phenols is 1. The van der Waals surface area contributed by atoms with Crippen molar-refractivity contribution in [2.75, 3.05) is 6.54 Å². The smallest absolute Gasteiger partial charge is 0.407 e. The number of nitrogens with zero attached hydrogens (tertiary/aromatic N) is 1. The predicted molar refractivity (Wildman–Crippen MR) is 80.7 cm³/mol. The third-order valence-electron chi connectivity index (χ3n) is 2.64. The molecule has 0 aliphatic rings. The quantitative estimate of drug-likeness (QED) is 0.561. The van der Waals surface area contributed by atoms with Gasteiger partial charge in [-0.1, -0.05) is 6.07 Å². The molecule has 1 amide bonds. The Balaban J connectivity index is 2.55. The lowest BCUT2D eigenvalue weighted by Crippen LogP contribution is -2.41. The zero-order valence-electron chi connectivity index (χ0n) is 12.8. The van der Waals surface area contributed by atoms with Crippen LogP contribution >= 0.6 is 0 Å². The highest BCUT2D eigenvalue weighted by Crippen LogP contribution is 2.26. The number of carbonyl (C=O) groups is 1. The first kappa shape index (κ1) is 17.7. The molecular weight excluding hydrogens is 290 g/mol. The number of hydrogen-bond donors (Lipinski definition) is 3. The van der Waals surface area contributed by atoms with Crippen molar-refractivity contribution in [1.82, 2.24) is 5.32 Å². The Morgan fingerprint density at radius 2 is 2.14 bits per heavy atom. The Morgan fingerprint density at radius 3 is 2.68 bits per heavy atom. The molecule has 1 rings (SSSR count). The fraction of sp³-hybridized carbons (Fsp3) is 0.500. The molecule has 0 saturated carbocycles. The molecule has 0 bridgehead atoms. The summed E-state index contributed by atoms with van der Waals surface area (Å²) in [5, 5.41) is 22.7. The van der Waals surface area contributed by atoms with E-state index < -0.39 is 28.4 Å². The van der Waals surface area contributed by atoms with Crippen LogP contribution in [0.1, 0.15) is 26.3 Å². The molecule has 22 heavy (non-hydrogen) atoms. The van der Waals surface area contributed by atoms with Crippen LogP contribution < -0.4 is 11.1 Å². The number of ether oxygens (including phenoxy) is 1. The maximum Gasteiger partial charge on any atom is 0.407 e. The number of rotatable bonds is 5. The second-order valence-electron chi connectivity index (χ2n) is 5.93. The van der Waals surface area contributed by atoms with Gasteiger partial charge in [-0.25, -0.2) is 4.79 Å². The second-order valence-corrected chi connectivity index (χ2v) is 5.93. The number of hydrogen-bond acceptors (Lipinski definition) is 6. The molecule has 0 spiro atoms. The van der Waals surface area contributed by atoms with Crippen LogP contribution in [0.25, 0.3) is 0 Å². The number of alkyl carbamates (subject to hydrolysis) is 1. The van der Waals surface area contributed by atoms with E-state index in [0.29, 0.717) is 12.0 Å². The number of benzene rings is 1. The summed E-state index contributed by atoms with van der Waals surface area (Å²) in [6, 6.07) is 3.64. The normalized spacial score (nSPS) is 12.5. The van der Waals surface area contributed by atoms with E-state index in [1.807, 2.05) is 0 Å². The number of nitrogens with one attached hydrogen (secondary N) is 1. The van der Waals surface area contributed by atoms with Gasteiger partial charge in [0.1, 0.15) is 5.60 Å². The zero-order valence-corrected chi connectivity index (χ0v) is 12.8. The standard InChI is InChI=1S/C14H21N3O5/c1-14(2,3)22-13(19)16-8-10(15)6-9-4-5-12(18)11(7-9)17(20)21/h4-5,7,10,18H,6,8,15H2,1-3H3,(H,16,19). The molecule has 122 valence electrons. The third kappa shape index (κ3) is 5.96. The van der Waals surface area contributed by atoms with Gasteiger partial charge < -0.3 is 20.9 Å². The molecule has 1 aromatic rings. The largest absolute Gasteiger partial charge is 0.502 e. The number of aromatic hydroxyl groups is 1. The molecule has 1 atom stereocenters. The van der Waals surface area contributed by atoms with Gasteiger partial charge in [0.25, 0.3) is 0 Å². The monoisotopic (exact) mass is 311 g/mol. The van der Waals surface area contributed by atoms with E-state index in [-0.39, 0.29) is 12.2 Å². The highest BCUT2D eigenvalue weighted by atomic mass is 16.6. The lowest BCUT2D eigenvalue weighted by atomic mass is 10.1. The molecule has 4 N–H and O–H groups in total. The van der Waals surface area contributed by atoms with Crippen molar-refractivity contribution in [3.63, 3.8) is 0 Å². The first-order chi connectivity index (χ1) is 10.1. The average Bonchev–Trinajstić information content (AvgIpc) is 2.36. The number of nitro groups is 1. The van der Waals surface area contributed by atoms with E-state index in [1.54, 1.807) is 26.8 Å². The minimum absolute atomic E-state index is 0.170. The van der Waals surface area contributed by atoms with Crippen LogP contribution in [0.5, 0.6) is 5.75 Å². The van der Waals surface area contributed by atoms with Gasteiger partial charge in [-0.2, -0.15) is 0 Å². The average molecular weight is 311 g/mol. The molecular formula is C14H21N3O5. The summed E-state index contributed by atoms with van der Waals surface area (Å²) >= 11 is 0. The van der Waals surface area contributed by atoms with Gasteiger partial charge >= 0.3 is 11.8 Å². The van der Waals surface area contributed by atoms with Crippen LogP contribution in [0.2, 0.25) is 0 Å². The van der Waals surface area contributed by atoms with Crippen molar-refractivity contribution in [2.45, 2.75) is 38.8 Å². The van der Waals surface area contributed by atoms with Crippen molar-refractivity contribution in [3.8, 4) is 5.75 Å². The predicted octanol–water partition coefficient (Wildman–Crippen LogP) is 1.69. The van der Waals surface area contributed by atoms with Crippen molar-refractivity contribution < 1.29 is 19.6 Å². The van der Waals surface area contributed by atoms with Crippen LogP contribution in [0.4, 0.5) is 10.5 Å². The van der Waals surface area contributed by atoms with Crippen LogP contribution in [0.3, 0.4) is 0 Å². The van der Waals surface area contributed by atoms with E-state index in [9.17, 15) is 20.0 Å². The molecule has 0 radical (unpaired) electrons. The first-order valence-electron chi connectivity index (χ1n) is 6.77. The van der Waals surface area contributed by atoms with Gasteiger partial charge in [-0.3, -0.25) is 10.1 Å². The lowest BCUT2D eigenvalue weighted by molar-refractivity contribution is -0.385. The minimum Gasteiger partial charge on any atom is -0.502 e. The van der Waals surface area contributed by atoms with Gasteiger partial charge in [0.15, 0.2) is 5.75 Å². The Kier molecular flexibility index (Phi) is 5.69. The van der Waals surface area contributed by atoms with Crippen molar-refractivity contribution in [3.05, 3.63) is 33.9 Å². The SMILES string of the molecule is CC(C)(C)OC(=O)NCC(N)Cc1ccc(O)c([N+](=O)[O-])c1. The summed E-state index contributed by atoms with van der Waals surface area (Å²) in [6.07, 6.45) is -0.253.